The fraction of sp³-hybridized carbons (Fsp3) is 0.500. The number of rotatable bonds is 7. The van der Waals surface area contributed by atoms with Gasteiger partial charge in [-0.15, -0.1) is 0 Å². The van der Waals surface area contributed by atoms with Gasteiger partial charge < -0.3 is 15.1 Å². The molecular weight excluding hydrogens is 236 g/mol. The van der Waals surface area contributed by atoms with E-state index in [1.165, 1.54) is 6.07 Å². The fourth-order valence-electron chi connectivity index (χ4n) is 1.83. The minimum atomic E-state index is -0.508. The lowest BCUT2D eigenvalue weighted by molar-refractivity contribution is -0.385. The molecule has 0 aromatic heterocycles. The van der Waals surface area contributed by atoms with E-state index in [9.17, 15) is 10.1 Å². The molecule has 0 unspecified atom stereocenters. The summed E-state index contributed by atoms with van der Waals surface area (Å²) >= 11 is 0. The summed E-state index contributed by atoms with van der Waals surface area (Å²) in [7, 11) is 0. The third-order valence-corrected chi connectivity index (χ3v) is 2.66. The number of aliphatic hydroxyl groups is 2. The Labute approximate surface area is 106 Å². The summed E-state index contributed by atoms with van der Waals surface area (Å²) in [5.74, 6) is 0. The summed E-state index contributed by atoms with van der Waals surface area (Å²) in [6.45, 7) is 2.89. The third kappa shape index (κ3) is 3.41. The number of hydrogen-bond acceptors (Lipinski definition) is 5. The summed E-state index contributed by atoms with van der Waals surface area (Å²) in [6.07, 6.45) is 0.908. The first-order chi connectivity index (χ1) is 8.63. The smallest absolute Gasteiger partial charge is 0.275 e. The van der Waals surface area contributed by atoms with Crippen LogP contribution in [0, 0.1) is 10.1 Å². The van der Waals surface area contributed by atoms with Crippen LogP contribution in [0.5, 0.6) is 0 Å². The molecule has 6 nitrogen and oxygen atoms in total. The van der Waals surface area contributed by atoms with Crippen LogP contribution >= 0.6 is 0 Å². The maximum absolute atomic E-state index is 10.8. The molecule has 1 aromatic rings. The Hall–Kier alpha value is -1.66. The SMILES string of the molecule is CCCN(CCO)c1ccc([N+](=O)[O-])c(CO)c1. The van der Waals surface area contributed by atoms with Crippen LogP contribution in [0.15, 0.2) is 18.2 Å². The maximum Gasteiger partial charge on any atom is 0.275 e. The van der Waals surface area contributed by atoms with Crippen molar-refractivity contribution in [3.05, 3.63) is 33.9 Å². The standard InChI is InChI=1S/C12H18N2O4/c1-2-5-13(6-7-15)11-3-4-12(14(17)18)10(8-11)9-16/h3-4,8,15-16H,2,5-7,9H2,1H3. The van der Waals surface area contributed by atoms with Crippen molar-refractivity contribution in [3.63, 3.8) is 0 Å². The topological polar surface area (TPSA) is 86.8 Å². The van der Waals surface area contributed by atoms with Crippen molar-refractivity contribution in [1.29, 1.82) is 0 Å². The summed E-state index contributed by atoms with van der Waals surface area (Å²) in [5, 5.41) is 28.9. The van der Waals surface area contributed by atoms with Crippen LogP contribution in [0.1, 0.15) is 18.9 Å². The number of nitrogens with zero attached hydrogens (tertiary/aromatic N) is 2. The highest BCUT2D eigenvalue weighted by Gasteiger charge is 2.15. The molecule has 0 saturated carbocycles. The molecule has 6 heteroatoms. The molecule has 1 aromatic carbocycles. The van der Waals surface area contributed by atoms with E-state index in [2.05, 4.69) is 0 Å². The van der Waals surface area contributed by atoms with Crippen molar-refractivity contribution in [1.82, 2.24) is 0 Å². The van der Waals surface area contributed by atoms with Crippen LogP contribution in [0.25, 0.3) is 0 Å². The normalized spacial score (nSPS) is 10.4. The Kier molecular flexibility index (Phi) is 5.54. The zero-order valence-corrected chi connectivity index (χ0v) is 10.4. The third-order valence-electron chi connectivity index (χ3n) is 2.66. The second-order valence-corrected chi connectivity index (χ2v) is 3.94. The minimum Gasteiger partial charge on any atom is -0.395 e. The number of aliphatic hydroxyl groups excluding tert-OH is 2. The molecule has 0 aliphatic rings. The molecular formula is C12H18N2O4. The summed E-state index contributed by atoms with van der Waals surface area (Å²) < 4.78 is 0. The largest absolute Gasteiger partial charge is 0.395 e. The average molecular weight is 254 g/mol. The first-order valence-electron chi connectivity index (χ1n) is 5.88. The number of nitro benzene ring substituents is 1. The fourth-order valence-corrected chi connectivity index (χ4v) is 1.83. The van der Waals surface area contributed by atoms with Gasteiger partial charge >= 0.3 is 0 Å². The molecule has 0 radical (unpaired) electrons. The highest BCUT2D eigenvalue weighted by Crippen LogP contribution is 2.25. The molecule has 0 atom stereocenters. The van der Waals surface area contributed by atoms with Gasteiger partial charge in [-0.2, -0.15) is 0 Å². The molecule has 0 aliphatic carbocycles. The van der Waals surface area contributed by atoms with Crippen LogP contribution < -0.4 is 4.90 Å². The Morgan fingerprint density at radius 1 is 1.33 bits per heavy atom. The monoisotopic (exact) mass is 254 g/mol. The van der Waals surface area contributed by atoms with Gasteiger partial charge in [0.25, 0.3) is 5.69 Å². The number of hydrogen-bond donors (Lipinski definition) is 2. The van der Waals surface area contributed by atoms with E-state index >= 15 is 0 Å². The lowest BCUT2D eigenvalue weighted by Gasteiger charge is -2.23. The summed E-state index contributed by atoms with van der Waals surface area (Å²) in [6, 6.07) is 4.63. The Morgan fingerprint density at radius 2 is 2.06 bits per heavy atom. The first-order valence-corrected chi connectivity index (χ1v) is 5.88. The van der Waals surface area contributed by atoms with E-state index in [1.54, 1.807) is 12.1 Å². The highest BCUT2D eigenvalue weighted by atomic mass is 16.6. The van der Waals surface area contributed by atoms with Crippen LogP contribution in [-0.4, -0.2) is 34.8 Å². The quantitative estimate of drug-likeness (QED) is 0.565. The van der Waals surface area contributed by atoms with Gasteiger partial charge in [0.2, 0.25) is 0 Å². The van der Waals surface area contributed by atoms with Crippen LogP contribution in [0.2, 0.25) is 0 Å². The van der Waals surface area contributed by atoms with Crippen molar-refractivity contribution in [3.8, 4) is 0 Å². The van der Waals surface area contributed by atoms with Gasteiger partial charge in [-0.05, 0) is 18.6 Å². The maximum atomic E-state index is 10.8. The molecule has 0 saturated heterocycles. The van der Waals surface area contributed by atoms with Crippen molar-refractivity contribution in [2.24, 2.45) is 0 Å². The second kappa shape index (κ2) is 6.93. The lowest BCUT2D eigenvalue weighted by atomic mass is 10.1. The molecule has 0 aliphatic heterocycles. The zero-order chi connectivity index (χ0) is 13.5. The first kappa shape index (κ1) is 14.4. The van der Waals surface area contributed by atoms with Crippen molar-refractivity contribution < 1.29 is 15.1 Å². The zero-order valence-electron chi connectivity index (χ0n) is 10.4. The van der Waals surface area contributed by atoms with E-state index in [0.29, 0.717) is 6.54 Å². The van der Waals surface area contributed by atoms with Crippen LogP contribution in [0.3, 0.4) is 0 Å². The van der Waals surface area contributed by atoms with Crippen LogP contribution in [-0.2, 0) is 6.61 Å². The van der Waals surface area contributed by atoms with Gasteiger partial charge in [-0.1, -0.05) is 6.92 Å². The second-order valence-electron chi connectivity index (χ2n) is 3.94. The van der Waals surface area contributed by atoms with Gasteiger partial charge in [0.15, 0.2) is 0 Å². The number of anilines is 1. The molecule has 0 bridgehead atoms. The van der Waals surface area contributed by atoms with Crippen molar-refractivity contribution >= 4 is 11.4 Å². The van der Waals surface area contributed by atoms with Gasteiger partial charge in [0, 0.05) is 24.8 Å². The Balaban J connectivity index is 3.05. The molecule has 18 heavy (non-hydrogen) atoms. The highest BCUT2D eigenvalue weighted by molar-refractivity contribution is 5.55. The van der Waals surface area contributed by atoms with E-state index in [4.69, 9.17) is 10.2 Å². The molecule has 1 rings (SSSR count). The average Bonchev–Trinajstić information content (AvgIpc) is 2.37. The predicted molar refractivity (Wildman–Crippen MR) is 68.6 cm³/mol. The summed E-state index contributed by atoms with van der Waals surface area (Å²) in [4.78, 5) is 12.2. The van der Waals surface area contributed by atoms with Crippen LogP contribution in [0.4, 0.5) is 11.4 Å². The lowest BCUT2D eigenvalue weighted by Crippen LogP contribution is -2.27. The van der Waals surface area contributed by atoms with Gasteiger partial charge in [-0.25, -0.2) is 0 Å². The number of benzene rings is 1. The van der Waals surface area contributed by atoms with Gasteiger partial charge in [0.05, 0.1) is 23.7 Å². The molecule has 0 spiro atoms. The molecule has 0 fully saturated rings. The summed E-state index contributed by atoms with van der Waals surface area (Å²) in [5.41, 5.74) is 0.985. The molecule has 0 heterocycles. The molecule has 0 amide bonds. The van der Waals surface area contributed by atoms with E-state index < -0.39 is 4.92 Å². The van der Waals surface area contributed by atoms with Gasteiger partial charge in [0.1, 0.15) is 0 Å². The minimum absolute atomic E-state index is 0.0193. The Morgan fingerprint density at radius 3 is 2.56 bits per heavy atom. The number of nitro groups is 1. The Bertz CT molecular complexity index is 403. The molecule has 100 valence electrons. The molecule has 2 N–H and O–H groups in total. The van der Waals surface area contributed by atoms with E-state index in [-0.39, 0.29) is 24.5 Å². The van der Waals surface area contributed by atoms with Gasteiger partial charge in [-0.3, -0.25) is 10.1 Å². The predicted octanol–water partition coefficient (Wildman–Crippen LogP) is 1.30. The van der Waals surface area contributed by atoms with Crippen molar-refractivity contribution in [2.45, 2.75) is 20.0 Å². The van der Waals surface area contributed by atoms with E-state index in [1.807, 2.05) is 11.8 Å². The van der Waals surface area contributed by atoms with Crippen molar-refractivity contribution in [2.75, 3.05) is 24.6 Å². The van der Waals surface area contributed by atoms with E-state index in [0.717, 1.165) is 18.7 Å².